The molecule has 0 spiro atoms. The summed E-state index contributed by atoms with van der Waals surface area (Å²) in [5.74, 6) is -0.120. The number of carbonyl (C=O) groups is 1. The number of hydrogen-bond acceptors (Lipinski definition) is 3. The molecule has 0 aliphatic carbocycles. The fourth-order valence-corrected chi connectivity index (χ4v) is 3.25. The van der Waals surface area contributed by atoms with Gasteiger partial charge in [0.25, 0.3) is 0 Å². The molecule has 128 valence electrons. The van der Waals surface area contributed by atoms with Crippen LogP contribution in [0.5, 0.6) is 0 Å². The van der Waals surface area contributed by atoms with Crippen molar-refractivity contribution in [2.75, 3.05) is 5.32 Å². The fourth-order valence-electron chi connectivity index (χ4n) is 2.99. The summed E-state index contributed by atoms with van der Waals surface area (Å²) in [6.07, 6.45) is 3.23. The van der Waals surface area contributed by atoms with Gasteiger partial charge in [0, 0.05) is 0 Å². The lowest BCUT2D eigenvalue weighted by Gasteiger charge is -2.13. The molecule has 6 heteroatoms. The Morgan fingerprint density at radius 1 is 1.04 bits per heavy atom. The lowest BCUT2D eigenvalue weighted by molar-refractivity contribution is -0.115. The van der Waals surface area contributed by atoms with Gasteiger partial charge in [-0.15, -0.1) is 0 Å². The molecule has 26 heavy (non-hydrogen) atoms. The van der Waals surface area contributed by atoms with Crippen molar-refractivity contribution in [1.29, 1.82) is 0 Å². The van der Waals surface area contributed by atoms with Gasteiger partial charge in [0.1, 0.15) is 18.3 Å². The van der Waals surface area contributed by atoms with Crippen molar-refractivity contribution in [1.82, 2.24) is 14.8 Å². The lowest BCUT2D eigenvalue weighted by Crippen LogP contribution is -2.16. The first kappa shape index (κ1) is 16.3. The molecule has 0 saturated carbocycles. The molecule has 1 heterocycles. The topological polar surface area (TPSA) is 59.8 Å². The summed E-state index contributed by atoms with van der Waals surface area (Å²) in [6.45, 7) is 0. The molecule has 0 fully saturated rings. The maximum Gasteiger partial charge on any atom is 0.228 e. The van der Waals surface area contributed by atoms with Crippen molar-refractivity contribution >= 4 is 34.0 Å². The van der Waals surface area contributed by atoms with E-state index >= 15 is 0 Å². The number of halogens is 1. The van der Waals surface area contributed by atoms with Gasteiger partial charge in [0.05, 0.1) is 17.1 Å². The van der Waals surface area contributed by atoms with Crippen molar-refractivity contribution in [3.8, 4) is 5.69 Å². The van der Waals surface area contributed by atoms with Crippen LogP contribution in [0.15, 0.2) is 73.3 Å². The van der Waals surface area contributed by atoms with Crippen LogP contribution in [0.4, 0.5) is 5.69 Å². The molecule has 1 amide bonds. The Hall–Kier alpha value is -3.18. The first-order valence-corrected chi connectivity index (χ1v) is 8.50. The summed E-state index contributed by atoms with van der Waals surface area (Å²) in [6, 6.07) is 19.3. The molecule has 0 radical (unpaired) electrons. The summed E-state index contributed by atoms with van der Waals surface area (Å²) < 4.78 is 1.54. The lowest BCUT2D eigenvalue weighted by atomic mass is 10.0. The van der Waals surface area contributed by atoms with Crippen LogP contribution >= 0.6 is 11.6 Å². The van der Waals surface area contributed by atoms with Crippen molar-refractivity contribution in [3.05, 3.63) is 83.9 Å². The SMILES string of the molecule is O=C(Cc1cccc2ccccc12)Nc1cccc(Cl)c1-n1cncn1. The molecular formula is C20H15ClN4O. The van der Waals surface area contributed by atoms with Crippen LogP contribution in [0.1, 0.15) is 5.56 Å². The highest BCUT2D eigenvalue weighted by molar-refractivity contribution is 6.33. The number of para-hydroxylation sites is 1. The van der Waals surface area contributed by atoms with Gasteiger partial charge in [-0.3, -0.25) is 4.79 Å². The molecule has 0 unspecified atom stereocenters. The molecule has 1 N–H and O–H groups in total. The zero-order chi connectivity index (χ0) is 17.9. The Kier molecular flexibility index (Phi) is 4.37. The predicted octanol–water partition coefficient (Wildman–Crippen LogP) is 4.26. The first-order chi connectivity index (χ1) is 12.7. The fraction of sp³-hybridized carbons (Fsp3) is 0.0500. The molecule has 0 saturated heterocycles. The molecule has 4 aromatic rings. The third-order valence-electron chi connectivity index (χ3n) is 4.14. The number of nitrogens with one attached hydrogen (secondary N) is 1. The second-order valence-electron chi connectivity index (χ2n) is 5.84. The van der Waals surface area contributed by atoms with Crippen LogP contribution in [0.25, 0.3) is 16.5 Å². The summed E-state index contributed by atoms with van der Waals surface area (Å²) in [5, 5.41) is 9.73. The van der Waals surface area contributed by atoms with E-state index in [2.05, 4.69) is 15.4 Å². The van der Waals surface area contributed by atoms with Crippen molar-refractivity contribution in [3.63, 3.8) is 0 Å². The average molecular weight is 363 g/mol. The molecule has 0 atom stereocenters. The van der Waals surface area contributed by atoms with Gasteiger partial charge >= 0.3 is 0 Å². The Balaban J connectivity index is 1.62. The second-order valence-corrected chi connectivity index (χ2v) is 6.25. The third kappa shape index (κ3) is 3.17. The summed E-state index contributed by atoms with van der Waals surface area (Å²) in [4.78, 5) is 16.6. The quantitative estimate of drug-likeness (QED) is 0.590. The van der Waals surface area contributed by atoms with E-state index in [0.29, 0.717) is 16.4 Å². The number of carbonyl (C=O) groups excluding carboxylic acids is 1. The number of aromatic nitrogens is 3. The monoisotopic (exact) mass is 362 g/mol. The molecule has 0 bridgehead atoms. The Bertz CT molecular complexity index is 1070. The summed E-state index contributed by atoms with van der Waals surface area (Å²) in [5.41, 5.74) is 2.16. The van der Waals surface area contributed by atoms with Gasteiger partial charge in [-0.05, 0) is 28.5 Å². The highest BCUT2D eigenvalue weighted by Crippen LogP contribution is 2.28. The largest absolute Gasteiger partial charge is 0.324 e. The maximum atomic E-state index is 12.7. The van der Waals surface area contributed by atoms with Crippen LogP contribution in [0.3, 0.4) is 0 Å². The molecule has 5 nitrogen and oxygen atoms in total. The van der Waals surface area contributed by atoms with E-state index in [0.717, 1.165) is 16.3 Å². The first-order valence-electron chi connectivity index (χ1n) is 8.12. The van der Waals surface area contributed by atoms with E-state index in [-0.39, 0.29) is 12.3 Å². The highest BCUT2D eigenvalue weighted by Gasteiger charge is 2.13. The van der Waals surface area contributed by atoms with Gasteiger partial charge in [0.15, 0.2) is 0 Å². The number of anilines is 1. The van der Waals surface area contributed by atoms with Gasteiger partial charge in [-0.25, -0.2) is 9.67 Å². The number of hydrogen-bond donors (Lipinski definition) is 1. The summed E-state index contributed by atoms with van der Waals surface area (Å²) >= 11 is 6.30. The minimum Gasteiger partial charge on any atom is -0.324 e. The molecule has 1 aromatic heterocycles. The molecule has 3 aromatic carbocycles. The van der Waals surface area contributed by atoms with Gasteiger partial charge in [-0.2, -0.15) is 5.10 Å². The van der Waals surface area contributed by atoms with Crippen molar-refractivity contribution in [2.24, 2.45) is 0 Å². The van der Waals surface area contributed by atoms with Gasteiger partial charge in [-0.1, -0.05) is 60.1 Å². The average Bonchev–Trinajstić information content (AvgIpc) is 3.16. The van der Waals surface area contributed by atoms with Crippen LogP contribution in [-0.4, -0.2) is 20.7 Å². The minimum atomic E-state index is -0.120. The molecule has 0 aliphatic rings. The van der Waals surface area contributed by atoms with Crippen LogP contribution in [0.2, 0.25) is 5.02 Å². The molecule has 4 rings (SSSR count). The van der Waals surface area contributed by atoms with Crippen molar-refractivity contribution in [2.45, 2.75) is 6.42 Å². The zero-order valence-corrected chi connectivity index (χ0v) is 14.5. The van der Waals surface area contributed by atoms with Gasteiger partial charge < -0.3 is 5.32 Å². The number of benzene rings is 3. The normalized spacial score (nSPS) is 10.8. The standard InChI is InChI=1S/C20H15ClN4O/c21-17-9-4-10-18(20(17)25-13-22-12-23-25)24-19(26)11-15-7-3-6-14-5-1-2-8-16(14)15/h1-10,12-13H,11H2,(H,24,26). The van der Waals surface area contributed by atoms with E-state index in [9.17, 15) is 4.79 Å². The number of rotatable bonds is 4. The van der Waals surface area contributed by atoms with E-state index in [1.807, 2.05) is 42.5 Å². The van der Waals surface area contributed by atoms with E-state index in [1.165, 1.54) is 11.0 Å². The molecular weight excluding hydrogens is 348 g/mol. The number of amides is 1. The molecule has 0 aliphatic heterocycles. The number of nitrogens with zero attached hydrogens (tertiary/aromatic N) is 3. The minimum absolute atomic E-state index is 0.120. The maximum absolute atomic E-state index is 12.7. The van der Waals surface area contributed by atoms with Gasteiger partial charge in [0.2, 0.25) is 5.91 Å². The number of fused-ring (bicyclic) bond motifs is 1. The van der Waals surface area contributed by atoms with Crippen LogP contribution in [0, 0.1) is 0 Å². The van der Waals surface area contributed by atoms with E-state index < -0.39 is 0 Å². The van der Waals surface area contributed by atoms with Crippen LogP contribution < -0.4 is 5.32 Å². The Morgan fingerprint density at radius 2 is 1.85 bits per heavy atom. The Morgan fingerprint density at radius 3 is 2.69 bits per heavy atom. The Labute approximate surface area is 155 Å². The van der Waals surface area contributed by atoms with E-state index in [4.69, 9.17) is 11.6 Å². The zero-order valence-electron chi connectivity index (χ0n) is 13.8. The highest BCUT2D eigenvalue weighted by atomic mass is 35.5. The third-order valence-corrected chi connectivity index (χ3v) is 4.44. The predicted molar refractivity (Wildman–Crippen MR) is 103 cm³/mol. The van der Waals surface area contributed by atoms with Crippen LogP contribution in [-0.2, 0) is 11.2 Å². The summed E-state index contributed by atoms with van der Waals surface area (Å²) in [7, 11) is 0. The van der Waals surface area contributed by atoms with E-state index in [1.54, 1.807) is 24.5 Å². The smallest absolute Gasteiger partial charge is 0.228 e. The second kappa shape index (κ2) is 6.98. The van der Waals surface area contributed by atoms with Crippen molar-refractivity contribution < 1.29 is 4.79 Å².